The van der Waals surface area contributed by atoms with E-state index >= 15 is 0 Å². The molecule has 0 amide bonds. The summed E-state index contributed by atoms with van der Waals surface area (Å²) in [5.74, 6) is 0. The van der Waals surface area contributed by atoms with Crippen LogP contribution in [0.1, 0.15) is 17.7 Å². The highest BCUT2D eigenvalue weighted by molar-refractivity contribution is 6.33. The second-order valence-electron chi connectivity index (χ2n) is 6.83. The van der Waals surface area contributed by atoms with E-state index in [0.29, 0.717) is 0 Å². The molecule has 2 radical (unpaired) electrons. The van der Waals surface area contributed by atoms with Crippen molar-refractivity contribution < 1.29 is 0 Å². The van der Waals surface area contributed by atoms with Crippen LogP contribution in [0.15, 0.2) is 78.9 Å². The molecular weight excluding hydrogens is 313 g/mol. The van der Waals surface area contributed by atoms with Crippen molar-refractivity contribution in [2.75, 3.05) is 0 Å². The van der Waals surface area contributed by atoms with Crippen LogP contribution in [0, 0.1) is 0 Å². The van der Waals surface area contributed by atoms with Crippen molar-refractivity contribution in [3.63, 3.8) is 0 Å². The van der Waals surface area contributed by atoms with E-state index in [1.807, 2.05) is 12.1 Å². The number of fused-ring (bicyclic) bond motifs is 3. The fourth-order valence-corrected chi connectivity index (χ4v) is 3.96. The molecule has 122 valence electrons. The highest BCUT2D eigenvalue weighted by atomic mass is 15.0. The first kappa shape index (κ1) is 15.3. The fourth-order valence-electron chi connectivity index (χ4n) is 3.96. The Morgan fingerprint density at radius 2 is 1.58 bits per heavy atom. The molecule has 0 aliphatic heterocycles. The van der Waals surface area contributed by atoms with Crippen molar-refractivity contribution in [1.82, 2.24) is 4.57 Å². The summed E-state index contributed by atoms with van der Waals surface area (Å²) in [5, 5.41) is 1.28. The monoisotopic (exact) mass is 331 g/mol. The van der Waals surface area contributed by atoms with Gasteiger partial charge in [-0.05, 0) is 42.2 Å². The van der Waals surface area contributed by atoms with Crippen LogP contribution < -0.4 is 5.46 Å². The SMILES string of the molecule is [B]c1ccc2c3c(n(-c4ccc(-c5ccccc5)cc4)c2c1)CCC=C3. The number of hydrogen-bond donors (Lipinski definition) is 0. The molecule has 26 heavy (non-hydrogen) atoms. The summed E-state index contributed by atoms with van der Waals surface area (Å²) in [6.45, 7) is 0. The molecule has 0 fully saturated rings. The van der Waals surface area contributed by atoms with Gasteiger partial charge in [0.1, 0.15) is 7.85 Å². The van der Waals surface area contributed by atoms with Crippen LogP contribution in [0.4, 0.5) is 0 Å². The van der Waals surface area contributed by atoms with E-state index in [0.717, 1.165) is 18.3 Å². The Balaban J connectivity index is 1.70. The highest BCUT2D eigenvalue weighted by Crippen LogP contribution is 2.34. The van der Waals surface area contributed by atoms with Crippen LogP contribution in [0.25, 0.3) is 33.8 Å². The van der Waals surface area contributed by atoms with Crippen LogP contribution >= 0.6 is 0 Å². The molecule has 0 unspecified atom stereocenters. The van der Waals surface area contributed by atoms with Crippen molar-refractivity contribution in [3.8, 4) is 16.8 Å². The van der Waals surface area contributed by atoms with Crippen molar-refractivity contribution in [2.45, 2.75) is 12.8 Å². The van der Waals surface area contributed by atoms with Crippen LogP contribution in [-0.2, 0) is 6.42 Å². The minimum Gasteiger partial charge on any atom is -0.313 e. The summed E-state index contributed by atoms with van der Waals surface area (Å²) in [6, 6.07) is 25.6. The molecular formula is C24H18BN. The predicted molar refractivity (Wildman–Crippen MR) is 111 cm³/mol. The summed E-state index contributed by atoms with van der Waals surface area (Å²) in [5.41, 5.74) is 8.37. The lowest BCUT2D eigenvalue weighted by atomic mass is 9.94. The summed E-state index contributed by atoms with van der Waals surface area (Å²) in [7, 11) is 6.10. The third-order valence-electron chi connectivity index (χ3n) is 5.20. The molecule has 1 heterocycles. The zero-order valence-electron chi connectivity index (χ0n) is 14.5. The number of allylic oxidation sites excluding steroid dienone is 1. The lowest BCUT2D eigenvalue weighted by Crippen LogP contribution is -2.05. The van der Waals surface area contributed by atoms with Crippen molar-refractivity contribution in [1.29, 1.82) is 0 Å². The van der Waals surface area contributed by atoms with E-state index in [4.69, 9.17) is 7.85 Å². The maximum absolute atomic E-state index is 6.10. The topological polar surface area (TPSA) is 4.93 Å². The second-order valence-corrected chi connectivity index (χ2v) is 6.83. The molecule has 0 saturated heterocycles. The van der Waals surface area contributed by atoms with E-state index < -0.39 is 0 Å². The molecule has 2 heteroatoms. The molecule has 1 aliphatic carbocycles. The van der Waals surface area contributed by atoms with E-state index in [-0.39, 0.29) is 0 Å². The van der Waals surface area contributed by atoms with E-state index in [2.05, 4.69) is 77.4 Å². The zero-order valence-corrected chi connectivity index (χ0v) is 14.5. The second kappa shape index (κ2) is 6.07. The third kappa shape index (κ3) is 2.41. The number of rotatable bonds is 2. The number of hydrogen-bond acceptors (Lipinski definition) is 0. The van der Waals surface area contributed by atoms with Crippen molar-refractivity contribution >= 4 is 30.3 Å². The van der Waals surface area contributed by atoms with E-state index in [9.17, 15) is 0 Å². The number of aromatic nitrogens is 1. The minimum atomic E-state index is 0.804. The molecule has 1 aromatic heterocycles. The highest BCUT2D eigenvalue weighted by Gasteiger charge is 2.18. The van der Waals surface area contributed by atoms with Crippen LogP contribution in [0.3, 0.4) is 0 Å². The quantitative estimate of drug-likeness (QED) is 0.453. The summed E-state index contributed by atoms with van der Waals surface area (Å²) in [4.78, 5) is 0. The number of nitrogens with zero attached hydrogens (tertiary/aromatic N) is 1. The largest absolute Gasteiger partial charge is 0.313 e. The van der Waals surface area contributed by atoms with Gasteiger partial charge in [-0.3, -0.25) is 0 Å². The van der Waals surface area contributed by atoms with Crippen LogP contribution in [-0.4, -0.2) is 12.4 Å². The average Bonchev–Trinajstić information content (AvgIpc) is 3.02. The Morgan fingerprint density at radius 1 is 0.808 bits per heavy atom. The lowest BCUT2D eigenvalue weighted by Gasteiger charge is -2.14. The summed E-state index contributed by atoms with van der Waals surface area (Å²) >= 11 is 0. The van der Waals surface area contributed by atoms with Gasteiger partial charge < -0.3 is 4.57 Å². The number of benzene rings is 3. The Kier molecular flexibility index (Phi) is 3.56. The standard InChI is InChI=1S/C24H18BN/c25-19-12-15-22-21-8-4-5-9-23(21)26(24(22)16-19)20-13-10-18(11-14-20)17-6-2-1-3-7-17/h1-4,6-8,10-16H,5,9H2. The first-order valence-corrected chi connectivity index (χ1v) is 9.06. The van der Waals surface area contributed by atoms with Gasteiger partial charge in [-0.1, -0.05) is 72.2 Å². The Labute approximate surface area is 155 Å². The lowest BCUT2D eigenvalue weighted by molar-refractivity contribution is 0.889. The van der Waals surface area contributed by atoms with Gasteiger partial charge in [0.15, 0.2) is 0 Å². The Morgan fingerprint density at radius 3 is 2.38 bits per heavy atom. The molecule has 1 aliphatic rings. The fraction of sp³-hybridized carbons (Fsp3) is 0.0833. The minimum absolute atomic E-state index is 0.804. The molecule has 0 N–H and O–H groups in total. The van der Waals surface area contributed by atoms with Gasteiger partial charge in [0.05, 0.1) is 5.52 Å². The van der Waals surface area contributed by atoms with Crippen molar-refractivity contribution in [2.24, 2.45) is 0 Å². The molecule has 1 nitrogen and oxygen atoms in total. The Hall–Kier alpha value is -3.00. The molecule has 0 bridgehead atoms. The van der Waals surface area contributed by atoms with Crippen LogP contribution in [0.2, 0.25) is 0 Å². The van der Waals surface area contributed by atoms with Gasteiger partial charge in [0.25, 0.3) is 0 Å². The first-order chi connectivity index (χ1) is 12.8. The molecule has 5 rings (SSSR count). The molecule has 4 aromatic rings. The van der Waals surface area contributed by atoms with Gasteiger partial charge in [-0.25, -0.2) is 0 Å². The molecule has 0 saturated carbocycles. The third-order valence-corrected chi connectivity index (χ3v) is 5.20. The predicted octanol–water partition coefficient (Wildman–Crippen LogP) is 5.05. The molecule has 3 aromatic carbocycles. The smallest absolute Gasteiger partial charge is 0.113 e. The van der Waals surface area contributed by atoms with Gasteiger partial charge in [-0.15, -0.1) is 0 Å². The van der Waals surface area contributed by atoms with Gasteiger partial charge >= 0.3 is 0 Å². The van der Waals surface area contributed by atoms with E-state index in [1.165, 1.54) is 39.0 Å². The average molecular weight is 331 g/mol. The maximum Gasteiger partial charge on any atom is 0.113 e. The summed E-state index contributed by atoms with van der Waals surface area (Å²) in [6.07, 6.45) is 6.66. The van der Waals surface area contributed by atoms with E-state index in [1.54, 1.807) is 0 Å². The van der Waals surface area contributed by atoms with Gasteiger partial charge in [-0.2, -0.15) is 0 Å². The normalized spacial score (nSPS) is 13.1. The summed E-state index contributed by atoms with van der Waals surface area (Å²) < 4.78 is 2.37. The maximum atomic E-state index is 6.10. The van der Waals surface area contributed by atoms with Gasteiger partial charge in [0, 0.05) is 22.3 Å². The zero-order chi connectivity index (χ0) is 17.5. The molecule has 0 spiro atoms. The van der Waals surface area contributed by atoms with Gasteiger partial charge in [0.2, 0.25) is 0 Å². The Bertz CT molecular complexity index is 1120. The van der Waals surface area contributed by atoms with Crippen LogP contribution in [0.5, 0.6) is 0 Å². The molecule has 0 atom stereocenters. The van der Waals surface area contributed by atoms with Crippen molar-refractivity contribution in [3.05, 3.63) is 90.1 Å². The first-order valence-electron chi connectivity index (χ1n) is 9.06.